The molecule has 1 aromatic rings. The lowest BCUT2D eigenvalue weighted by molar-refractivity contribution is -0.306. The Morgan fingerprint density at radius 3 is 2.56 bits per heavy atom. The van der Waals surface area contributed by atoms with E-state index in [2.05, 4.69) is 0 Å². The molecule has 16 heavy (non-hydrogen) atoms. The Hall–Kier alpha value is -1.75. The highest BCUT2D eigenvalue weighted by Gasteiger charge is 2.18. The standard InChI is InChI=1S/C11H13NO4/c13-9-3-7-1-2-12(6-11(15)16)5-8(7)4-10(9)14/h3-4,13-14H,1-2,5-6H2,(H,15,16)/p-1. The number of nitrogens with zero attached hydrogens (tertiary/aromatic N) is 1. The second kappa shape index (κ2) is 4.02. The fourth-order valence-corrected chi connectivity index (χ4v) is 1.96. The molecular weight excluding hydrogens is 210 g/mol. The Labute approximate surface area is 92.6 Å². The Morgan fingerprint density at radius 2 is 1.94 bits per heavy atom. The van der Waals surface area contributed by atoms with Crippen molar-refractivity contribution >= 4 is 5.97 Å². The second-order valence-corrected chi connectivity index (χ2v) is 3.94. The Bertz CT molecular complexity index is 430. The molecule has 0 aliphatic carbocycles. The molecule has 0 atom stereocenters. The lowest BCUT2D eigenvalue weighted by atomic mass is 9.99. The predicted octanol–water partition coefficient (Wildman–Crippen LogP) is -0.794. The van der Waals surface area contributed by atoms with E-state index >= 15 is 0 Å². The molecule has 1 aliphatic rings. The number of phenolic OH excluding ortho intramolecular Hbond substituents is 2. The summed E-state index contributed by atoms with van der Waals surface area (Å²) < 4.78 is 0. The number of rotatable bonds is 2. The molecule has 1 aliphatic heterocycles. The van der Waals surface area contributed by atoms with Crippen molar-refractivity contribution in [2.75, 3.05) is 13.1 Å². The summed E-state index contributed by atoms with van der Waals surface area (Å²) in [6.45, 7) is 0.962. The molecule has 0 bridgehead atoms. The summed E-state index contributed by atoms with van der Waals surface area (Å²) in [6.07, 6.45) is 0.663. The van der Waals surface area contributed by atoms with Crippen LogP contribution in [0.15, 0.2) is 12.1 Å². The van der Waals surface area contributed by atoms with Gasteiger partial charge in [-0.05, 0) is 29.7 Å². The van der Waals surface area contributed by atoms with E-state index in [1.54, 1.807) is 4.90 Å². The Balaban J connectivity index is 2.20. The van der Waals surface area contributed by atoms with Crippen LogP contribution < -0.4 is 5.11 Å². The van der Waals surface area contributed by atoms with Gasteiger partial charge in [-0.1, -0.05) is 0 Å². The topological polar surface area (TPSA) is 83.8 Å². The van der Waals surface area contributed by atoms with Crippen molar-refractivity contribution in [3.05, 3.63) is 23.3 Å². The number of aromatic hydroxyl groups is 2. The van der Waals surface area contributed by atoms with Crippen LogP contribution in [0.3, 0.4) is 0 Å². The van der Waals surface area contributed by atoms with Crippen LogP contribution in [0.4, 0.5) is 0 Å². The maximum atomic E-state index is 10.5. The number of carboxylic acid groups (broad SMARTS) is 1. The number of fused-ring (bicyclic) bond motifs is 1. The molecule has 0 radical (unpaired) electrons. The Morgan fingerprint density at radius 1 is 1.31 bits per heavy atom. The molecule has 0 aromatic heterocycles. The van der Waals surface area contributed by atoms with Gasteiger partial charge in [0.15, 0.2) is 11.5 Å². The maximum absolute atomic E-state index is 10.5. The van der Waals surface area contributed by atoms with Gasteiger partial charge in [-0.2, -0.15) is 0 Å². The molecule has 5 heteroatoms. The van der Waals surface area contributed by atoms with Crippen LogP contribution in [0.25, 0.3) is 0 Å². The van der Waals surface area contributed by atoms with Crippen molar-refractivity contribution in [3.8, 4) is 11.5 Å². The first kappa shape index (κ1) is 10.8. The van der Waals surface area contributed by atoms with Crippen LogP contribution in [-0.2, 0) is 17.8 Å². The average molecular weight is 222 g/mol. The molecule has 2 N–H and O–H groups in total. The molecule has 0 spiro atoms. The van der Waals surface area contributed by atoms with E-state index in [1.807, 2.05) is 0 Å². The quantitative estimate of drug-likeness (QED) is 0.640. The van der Waals surface area contributed by atoms with Crippen LogP contribution in [0.1, 0.15) is 11.1 Å². The minimum Gasteiger partial charge on any atom is -0.549 e. The minimum atomic E-state index is -1.11. The summed E-state index contributed by atoms with van der Waals surface area (Å²) in [5, 5.41) is 29.1. The number of carbonyl (C=O) groups excluding carboxylic acids is 1. The predicted molar refractivity (Wildman–Crippen MR) is 53.8 cm³/mol. The number of carbonyl (C=O) groups is 1. The van der Waals surface area contributed by atoms with Crippen LogP contribution >= 0.6 is 0 Å². The lowest BCUT2D eigenvalue weighted by Crippen LogP contribution is -2.40. The molecule has 2 rings (SSSR count). The van der Waals surface area contributed by atoms with E-state index in [-0.39, 0.29) is 18.0 Å². The highest BCUT2D eigenvalue weighted by molar-refractivity contribution is 5.66. The zero-order chi connectivity index (χ0) is 11.7. The number of aliphatic carboxylic acids is 1. The van der Waals surface area contributed by atoms with Gasteiger partial charge >= 0.3 is 0 Å². The first-order valence-corrected chi connectivity index (χ1v) is 5.02. The van der Waals surface area contributed by atoms with Gasteiger partial charge in [-0.3, -0.25) is 4.90 Å². The number of hydrogen-bond donors (Lipinski definition) is 2. The number of phenols is 2. The molecule has 0 fully saturated rings. The SMILES string of the molecule is O=C([O-])CN1CCc2cc(O)c(O)cc2C1. The van der Waals surface area contributed by atoms with Gasteiger partial charge in [0.25, 0.3) is 0 Å². The second-order valence-electron chi connectivity index (χ2n) is 3.94. The molecule has 0 saturated heterocycles. The van der Waals surface area contributed by atoms with Crippen LogP contribution in [0, 0.1) is 0 Å². The van der Waals surface area contributed by atoms with Gasteiger partial charge < -0.3 is 20.1 Å². The molecule has 0 unspecified atom stereocenters. The molecule has 0 saturated carbocycles. The normalized spacial score (nSPS) is 15.8. The van der Waals surface area contributed by atoms with Gasteiger partial charge in [0.2, 0.25) is 0 Å². The van der Waals surface area contributed by atoms with E-state index in [4.69, 9.17) is 0 Å². The maximum Gasteiger partial charge on any atom is 0.157 e. The molecule has 0 amide bonds. The fraction of sp³-hybridized carbons (Fsp3) is 0.364. The molecule has 5 nitrogen and oxygen atoms in total. The highest BCUT2D eigenvalue weighted by Crippen LogP contribution is 2.31. The van der Waals surface area contributed by atoms with E-state index in [0.717, 1.165) is 11.1 Å². The van der Waals surface area contributed by atoms with Gasteiger partial charge in [0.1, 0.15) is 0 Å². The number of carboxylic acids is 1. The molecule has 86 valence electrons. The van der Waals surface area contributed by atoms with Crippen molar-refractivity contribution in [1.29, 1.82) is 0 Å². The summed E-state index contributed by atoms with van der Waals surface area (Å²) in [7, 11) is 0. The van der Waals surface area contributed by atoms with Crippen molar-refractivity contribution < 1.29 is 20.1 Å². The van der Waals surface area contributed by atoms with Gasteiger partial charge in [0, 0.05) is 19.6 Å². The third-order valence-corrected chi connectivity index (χ3v) is 2.74. The third-order valence-electron chi connectivity index (χ3n) is 2.74. The molecule has 1 heterocycles. The van der Waals surface area contributed by atoms with Crippen molar-refractivity contribution in [1.82, 2.24) is 4.90 Å². The van der Waals surface area contributed by atoms with E-state index in [1.165, 1.54) is 12.1 Å². The van der Waals surface area contributed by atoms with E-state index < -0.39 is 5.97 Å². The zero-order valence-corrected chi connectivity index (χ0v) is 8.64. The summed E-state index contributed by atoms with van der Waals surface area (Å²) in [4.78, 5) is 12.2. The third kappa shape index (κ3) is 2.09. The minimum absolute atomic E-state index is 0.110. The lowest BCUT2D eigenvalue weighted by Gasteiger charge is -2.29. The van der Waals surface area contributed by atoms with Crippen LogP contribution in [0.2, 0.25) is 0 Å². The van der Waals surface area contributed by atoms with E-state index in [9.17, 15) is 20.1 Å². The Kier molecular flexibility index (Phi) is 2.70. The monoisotopic (exact) mass is 222 g/mol. The van der Waals surface area contributed by atoms with Crippen molar-refractivity contribution in [2.45, 2.75) is 13.0 Å². The largest absolute Gasteiger partial charge is 0.549 e. The number of hydrogen-bond acceptors (Lipinski definition) is 5. The summed E-state index contributed by atoms with van der Waals surface area (Å²) in [6, 6.07) is 3.01. The summed E-state index contributed by atoms with van der Waals surface area (Å²) >= 11 is 0. The summed E-state index contributed by atoms with van der Waals surface area (Å²) in [5.74, 6) is -1.41. The van der Waals surface area contributed by atoms with Crippen molar-refractivity contribution in [3.63, 3.8) is 0 Å². The molecular formula is C11H12NO4-. The van der Waals surface area contributed by atoms with Crippen molar-refractivity contribution in [2.24, 2.45) is 0 Å². The highest BCUT2D eigenvalue weighted by atomic mass is 16.4. The average Bonchev–Trinajstić information content (AvgIpc) is 2.19. The fourth-order valence-electron chi connectivity index (χ4n) is 1.96. The zero-order valence-electron chi connectivity index (χ0n) is 8.64. The first-order chi connectivity index (χ1) is 7.56. The molecule has 1 aromatic carbocycles. The number of benzene rings is 1. The van der Waals surface area contributed by atoms with Crippen LogP contribution in [-0.4, -0.2) is 34.2 Å². The van der Waals surface area contributed by atoms with Crippen LogP contribution in [0.5, 0.6) is 11.5 Å². The summed E-state index contributed by atoms with van der Waals surface area (Å²) in [5.41, 5.74) is 1.80. The van der Waals surface area contributed by atoms with Gasteiger partial charge in [-0.15, -0.1) is 0 Å². The van der Waals surface area contributed by atoms with Gasteiger partial charge in [0.05, 0.1) is 5.97 Å². The first-order valence-electron chi connectivity index (χ1n) is 5.02. The van der Waals surface area contributed by atoms with Gasteiger partial charge in [-0.25, -0.2) is 0 Å². The van der Waals surface area contributed by atoms with E-state index in [0.29, 0.717) is 19.5 Å². The smallest absolute Gasteiger partial charge is 0.157 e.